The first-order chi connectivity index (χ1) is 9.52. The quantitative estimate of drug-likeness (QED) is 0.645. The molecule has 0 atom stereocenters. The topological polar surface area (TPSA) is 110 Å². The highest BCUT2D eigenvalue weighted by molar-refractivity contribution is 5.94. The number of aliphatic hydroxyl groups excluding tert-OH is 1. The van der Waals surface area contributed by atoms with Crippen LogP contribution in [0.2, 0.25) is 0 Å². The molecule has 108 valence electrons. The summed E-state index contributed by atoms with van der Waals surface area (Å²) in [6.45, 7) is 0.128. The molecule has 1 aromatic carbocycles. The van der Waals surface area contributed by atoms with E-state index in [1.54, 1.807) is 0 Å². The minimum atomic E-state index is -1.24. The lowest BCUT2D eigenvalue weighted by Crippen LogP contribution is -2.38. The molecule has 4 N–H and O–H groups in total. The van der Waals surface area contributed by atoms with Crippen molar-refractivity contribution in [2.75, 3.05) is 18.5 Å². The van der Waals surface area contributed by atoms with Crippen LogP contribution in [0.4, 0.5) is 10.5 Å². The number of carboxylic acid groups (broad SMARTS) is 1. The number of carbonyl (C=O) groups is 2. The molecule has 2 rings (SSSR count). The minimum absolute atomic E-state index is 0.118. The summed E-state index contributed by atoms with van der Waals surface area (Å²) < 4.78 is 0. The number of amides is 2. The second-order valence-electron chi connectivity index (χ2n) is 4.62. The predicted octanol–water partition coefficient (Wildman–Crippen LogP) is 1.08. The number of nitrogens with one attached hydrogen (secondary N) is 1. The molecule has 20 heavy (non-hydrogen) atoms. The van der Waals surface area contributed by atoms with E-state index in [2.05, 4.69) is 5.32 Å². The lowest BCUT2D eigenvalue weighted by atomic mass is 10.2. The highest BCUT2D eigenvalue weighted by atomic mass is 16.4. The molecule has 1 fully saturated rings. The number of hydrogen-bond donors (Lipinski definition) is 4. The van der Waals surface area contributed by atoms with Crippen LogP contribution in [0.1, 0.15) is 23.2 Å². The van der Waals surface area contributed by atoms with E-state index in [9.17, 15) is 14.7 Å². The Morgan fingerprint density at radius 3 is 2.55 bits per heavy atom. The number of carbonyl (C=O) groups excluding carboxylic acids is 1. The van der Waals surface area contributed by atoms with Gasteiger partial charge in [-0.25, -0.2) is 9.59 Å². The molecule has 7 heteroatoms. The summed E-state index contributed by atoms with van der Waals surface area (Å²) in [5.74, 6) is -1.64. The first-order valence-corrected chi connectivity index (χ1v) is 6.27. The summed E-state index contributed by atoms with van der Waals surface area (Å²) in [4.78, 5) is 24.3. The molecule has 1 aromatic rings. The summed E-state index contributed by atoms with van der Waals surface area (Å²) in [5.41, 5.74) is 0.0819. The fourth-order valence-electron chi connectivity index (χ4n) is 1.93. The maximum absolute atomic E-state index is 12.0. The van der Waals surface area contributed by atoms with Crippen LogP contribution in [0, 0.1) is 0 Å². The average Bonchev–Trinajstić information content (AvgIpc) is 3.19. The van der Waals surface area contributed by atoms with E-state index >= 15 is 0 Å². The van der Waals surface area contributed by atoms with Crippen molar-refractivity contribution in [1.29, 1.82) is 0 Å². The number of benzene rings is 1. The Balaban J connectivity index is 2.07. The fourth-order valence-corrected chi connectivity index (χ4v) is 1.93. The van der Waals surface area contributed by atoms with Gasteiger partial charge >= 0.3 is 12.0 Å². The lowest BCUT2D eigenvalue weighted by molar-refractivity contribution is 0.0694. The van der Waals surface area contributed by atoms with Gasteiger partial charge in [-0.2, -0.15) is 0 Å². The number of aromatic carboxylic acids is 1. The van der Waals surface area contributed by atoms with E-state index in [4.69, 9.17) is 10.2 Å². The Labute approximate surface area is 115 Å². The molecule has 7 nitrogen and oxygen atoms in total. The van der Waals surface area contributed by atoms with Gasteiger partial charge in [-0.05, 0) is 25.0 Å². The minimum Gasteiger partial charge on any atom is -0.507 e. The summed E-state index contributed by atoms with van der Waals surface area (Å²) in [5, 5.41) is 29.9. The van der Waals surface area contributed by atoms with Crippen LogP contribution in [0.15, 0.2) is 18.2 Å². The molecule has 0 aliphatic heterocycles. The number of hydrogen-bond acceptors (Lipinski definition) is 4. The van der Waals surface area contributed by atoms with E-state index in [0.29, 0.717) is 5.69 Å². The molecule has 1 aliphatic rings. The molecule has 0 spiro atoms. The van der Waals surface area contributed by atoms with Crippen LogP contribution >= 0.6 is 0 Å². The molecular weight excluding hydrogens is 264 g/mol. The van der Waals surface area contributed by atoms with Gasteiger partial charge in [-0.3, -0.25) is 0 Å². The van der Waals surface area contributed by atoms with E-state index in [0.717, 1.165) is 12.8 Å². The van der Waals surface area contributed by atoms with Gasteiger partial charge in [0.2, 0.25) is 0 Å². The maximum atomic E-state index is 12.0. The highest BCUT2D eigenvalue weighted by Gasteiger charge is 2.32. The molecule has 0 bridgehead atoms. The van der Waals surface area contributed by atoms with Crippen LogP contribution in [-0.4, -0.2) is 51.4 Å². The number of carboxylic acids is 1. The number of nitrogens with zero attached hydrogens (tertiary/aromatic N) is 1. The molecule has 0 saturated heterocycles. The zero-order valence-corrected chi connectivity index (χ0v) is 10.7. The van der Waals surface area contributed by atoms with Crippen molar-refractivity contribution in [1.82, 2.24) is 4.90 Å². The third-order valence-corrected chi connectivity index (χ3v) is 3.07. The van der Waals surface area contributed by atoms with E-state index in [1.807, 2.05) is 0 Å². The van der Waals surface area contributed by atoms with Gasteiger partial charge in [0.1, 0.15) is 11.3 Å². The molecule has 2 amide bonds. The third kappa shape index (κ3) is 3.18. The first kappa shape index (κ1) is 14.1. The Kier molecular flexibility index (Phi) is 4.09. The molecule has 1 saturated carbocycles. The van der Waals surface area contributed by atoms with Crippen molar-refractivity contribution in [2.45, 2.75) is 18.9 Å². The molecule has 0 aromatic heterocycles. The van der Waals surface area contributed by atoms with E-state index < -0.39 is 11.7 Å². The molecule has 0 heterocycles. The number of rotatable bonds is 5. The van der Waals surface area contributed by atoms with Crippen molar-refractivity contribution < 1.29 is 24.9 Å². The Morgan fingerprint density at radius 2 is 2.05 bits per heavy atom. The second kappa shape index (κ2) is 5.79. The normalized spacial score (nSPS) is 13.8. The third-order valence-electron chi connectivity index (χ3n) is 3.07. The standard InChI is InChI=1S/C13H16N2O5/c16-6-5-15(9-2-3-9)13(20)14-8-1-4-10(12(18)19)11(17)7-8/h1,4,7,9,16-17H,2-3,5-6H2,(H,14,20)(H,18,19). The Morgan fingerprint density at radius 1 is 1.35 bits per heavy atom. The van der Waals surface area contributed by atoms with Crippen molar-refractivity contribution in [3.05, 3.63) is 23.8 Å². The molecular formula is C13H16N2O5. The van der Waals surface area contributed by atoms with Gasteiger partial charge in [0.05, 0.1) is 6.61 Å². The largest absolute Gasteiger partial charge is 0.507 e. The Hall–Kier alpha value is -2.28. The van der Waals surface area contributed by atoms with E-state index in [-0.39, 0.29) is 30.8 Å². The van der Waals surface area contributed by atoms with Gasteiger partial charge in [0, 0.05) is 24.3 Å². The summed E-state index contributed by atoms with van der Waals surface area (Å²) in [7, 11) is 0. The highest BCUT2D eigenvalue weighted by Crippen LogP contribution is 2.28. The van der Waals surface area contributed by atoms with E-state index in [1.165, 1.54) is 23.1 Å². The van der Waals surface area contributed by atoms with Crippen molar-refractivity contribution in [2.24, 2.45) is 0 Å². The predicted molar refractivity (Wildman–Crippen MR) is 70.9 cm³/mol. The van der Waals surface area contributed by atoms with Crippen molar-refractivity contribution in [3.8, 4) is 5.75 Å². The van der Waals surface area contributed by atoms with Crippen LogP contribution in [0.3, 0.4) is 0 Å². The van der Waals surface area contributed by atoms with Gasteiger partial charge in [-0.1, -0.05) is 0 Å². The maximum Gasteiger partial charge on any atom is 0.339 e. The van der Waals surface area contributed by atoms with Gasteiger partial charge < -0.3 is 25.5 Å². The summed E-state index contributed by atoms with van der Waals surface area (Å²) in [6.07, 6.45) is 1.83. The second-order valence-corrected chi connectivity index (χ2v) is 4.62. The summed E-state index contributed by atoms with van der Waals surface area (Å²) >= 11 is 0. The smallest absolute Gasteiger partial charge is 0.339 e. The van der Waals surface area contributed by atoms with Crippen molar-refractivity contribution >= 4 is 17.7 Å². The zero-order chi connectivity index (χ0) is 14.7. The number of anilines is 1. The van der Waals surface area contributed by atoms with Gasteiger partial charge in [0.15, 0.2) is 0 Å². The van der Waals surface area contributed by atoms with Crippen LogP contribution in [0.25, 0.3) is 0 Å². The SMILES string of the molecule is O=C(O)c1ccc(NC(=O)N(CCO)C2CC2)cc1O. The number of urea groups is 1. The van der Waals surface area contributed by atoms with Crippen molar-refractivity contribution in [3.63, 3.8) is 0 Å². The van der Waals surface area contributed by atoms with Crippen LogP contribution < -0.4 is 5.32 Å². The summed E-state index contributed by atoms with van der Waals surface area (Å²) in [6, 6.07) is 3.59. The average molecular weight is 280 g/mol. The lowest BCUT2D eigenvalue weighted by Gasteiger charge is -2.21. The zero-order valence-electron chi connectivity index (χ0n) is 10.7. The molecule has 0 radical (unpaired) electrons. The number of aromatic hydroxyl groups is 1. The first-order valence-electron chi connectivity index (χ1n) is 6.27. The van der Waals surface area contributed by atoms with Crippen LogP contribution in [-0.2, 0) is 0 Å². The molecule has 0 unspecified atom stereocenters. The van der Waals surface area contributed by atoms with Gasteiger partial charge in [0.25, 0.3) is 0 Å². The number of phenols is 1. The molecule has 1 aliphatic carbocycles. The Bertz CT molecular complexity index is 527. The number of aliphatic hydroxyl groups is 1. The fraction of sp³-hybridized carbons (Fsp3) is 0.385. The monoisotopic (exact) mass is 280 g/mol. The van der Waals surface area contributed by atoms with Gasteiger partial charge in [-0.15, -0.1) is 0 Å². The van der Waals surface area contributed by atoms with Crippen LogP contribution in [0.5, 0.6) is 5.75 Å².